The maximum absolute atomic E-state index is 11.6. The Bertz CT molecular complexity index is 490. The van der Waals surface area contributed by atoms with Crippen molar-refractivity contribution in [1.29, 1.82) is 0 Å². The van der Waals surface area contributed by atoms with Crippen LogP contribution < -0.4 is 15.2 Å². The zero-order valence-electron chi connectivity index (χ0n) is 13.0. The molecule has 0 saturated heterocycles. The minimum Gasteiger partial charge on any atom is -0.493 e. The van der Waals surface area contributed by atoms with Crippen LogP contribution in [0.4, 0.5) is 0 Å². The molecule has 5 nitrogen and oxygen atoms in total. The fraction of sp³-hybridized carbons (Fsp3) is 0.533. The minimum absolute atomic E-state index is 0.0108. The molecule has 0 aliphatic heterocycles. The van der Waals surface area contributed by atoms with Crippen molar-refractivity contribution in [3.63, 3.8) is 0 Å². The second kappa shape index (κ2) is 8.10. The van der Waals surface area contributed by atoms with Gasteiger partial charge in [0.2, 0.25) is 5.91 Å². The van der Waals surface area contributed by atoms with Crippen molar-refractivity contribution < 1.29 is 14.3 Å². The summed E-state index contributed by atoms with van der Waals surface area (Å²) in [5.74, 6) is 1.16. The predicted octanol–water partition coefficient (Wildman–Crippen LogP) is 2.10. The van der Waals surface area contributed by atoms with Gasteiger partial charge >= 0.3 is 0 Å². The maximum atomic E-state index is 11.6. The van der Waals surface area contributed by atoms with E-state index in [1.807, 2.05) is 13.0 Å². The number of rotatable bonds is 7. The van der Waals surface area contributed by atoms with Gasteiger partial charge in [-0.15, -0.1) is 0 Å². The maximum Gasteiger partial charge on any atom is 0.225 e. The van der Waals surface area contributed by atoms with Crippen molar-refractivity contribution in [3.8, 4) is 11.5 Å². The van der Waals surface area contributed by atoms with Crippen LogP contribution in [-0.4, -0.2) is 44.7 Å². The van der Waals surface area contributed by atoms with E-state index in [1.165, 1.54) is 4.90 Å². The molecule has 0 radical (unpaired) electrons. The summed E-state index contributed by atoms with van der Waals surface area (Å²) >= 11 is 6.07. The van der Waals surface area contributed by atoms with E-state index in [4.69, 9.17) is 26.8 Å². The van der Waals surface area contributed by atoms with E-state index in [-0.39, 0.29) is 18.6 Å². The molecule has 1 rings (SSSR count). The van der Waals surface area contributed by atoms with Crippen LogP contribution in [0.1, 0.15) is 18.9 Å². The highest BCUT2D eigenvalue weighted by Gasteiger charge is 2.15. The van der Waals surface area contributed by atoms with Crippen molar-refractivity contribution >= 4 is 17.5 Å². The summed E-state index contributed by atoms with van der Waals surface area (Å²) in [5, 5.41) is 0.569. The number of ether oxygens (including phenoxy) is 2. The highest BCUT2D eigenvalue weighted by molar-refractivity contribution is 6.30. The van der Waals surface area contributed by atoms with Gasteiger partial charge in [0.15, 0.2) is 11.5 Å². The number of carbonyl (C=O) groups is 1. The van der Waals surface area contributed by atoms with Crippen molar-refractivity contribution in [1.82, 2.24) is 4.90 Å². The van der Waals surface area contributed by atoms with E-state index >= 15 is 0 Å². The number of nitrogens with zero attached hydrogens (tertiary/aromatic N) is 1. The average molecular weight is 315 g/mol. The Balaban J connectivity index is 2.89. The summed E-state index contributed by atoms with van der Waals surface area (Å²) in [6.07, 6.45) is 0.921. The fourth-order valence-corrected chi connectivity index (χ4v) is 2.13. The molecule has 0 aromatic heterocycles. The fourth-order valence-electron chi connectivity index (χ4n) is 1.90. The topological polar surface area (TPSA) is 64.8 Å². The van der Waals surface area contributed by atoms with E-state index in [1.54, 1.807) is 27.3 Å². The van der Waals surface area contributed by atoms with Gasteiger partial charge in [-0.1, -0.05) is 11.6 Å². The lowest BCUT2D eigenvalue weighted by Gasteiger charge is -2.17. The van der Waals surface area contributed by atoms with E-state index < -0.39 is 0 Å². The van der Waals surface area contributed by atoms with Crippen LogP contribution in [0.5, 0.6) is 11.5 Å². The normalized spacial score (nSPS) is 11.9. The molecule has 1 atom stereocenters. The van der Waals surface area contributed by atoms with Gasteiger partial charge in [0.1, 0.15) is 0 Å². The first-order valence-electron chi connectivity index (χ1n) is 6.80. The van der Waals surface area contributed by atoms with Gasteiger partial charge in [-0.25, -0.2) is 0 Å². The zero-order chi connectivity index (χ0) is 16.0. The number of amides is 1. The molecular formula is C15H23ClN2O3. The summed E-state index contributed by atoms with van der Waals surface area (Å²) < 4.78 is 11.1. The van der Waals surface area contributed by atoms with Crippen LogP contribution in [0.3, 0.4) is 0 Å². The monoisotopic (exact) mass is 314 g/mol. The smallest absolute Gasteiger partial charge is 0.225 e. The van der Waals surface area contributed by atoms with Gasteiger partial charge in [-0.05, 0) is 19.4 Å². The summed E-state index contributed by atoms with van der Waals surface area (Å²) in [4.78, 5) is 13.1. The van der Waals surface area contributed by atoms with Crippen molar-refractivity contribution in [2.75, 3.05) is 27.8 Å². The average Bonchev–Trinajstić information content (AvgIpc) is 2.39. The predicted molar refractivity (Wildman–Crippen MR) is 84.2 cm³/mol. The largest absolute Gasteiger partial charge is 0.493 e. The molecule has 0 heterocycles. The molecular weight excluding hydrogens is 292 g/mol. The van der Waals surface area contributed by atoms with Gasteiger partial charge in [0.05, 0.1) is 20.1 Å². The third-order valence-corrected chi connectivity index (χ3v) is 3.14. The Morgan fingerprint density at radius 2 is 2.10 bits per heavy atom. The highest BCUT2D eigenvalue weighted by Crippen LogP contribution is 2.35. The van der Waals surface area contributed by atoms with Crippen LogP contribution in [0.15, 0.2) is 12.1 Å². The minimum atomic E-state index is -0.0288. The van der Waals surface area contributed by atoms with Gasteiger partial charge in [0, 0.05) is 36.8 Å². The molecule has 0 spiro atoms. The SMILES string of the molecule is COc1cc(Cl)cc(CC(C)N)c1OCCC(=O)N(C)C. The number of hydrogen-bond donors (Lipinski definition) is 1. The Morgan fingerprint density at radius 1 is 1.43 bits per heavy atom. The number of nitrogens with two attached hydrogens (primary N) is 1. The second-order valence-corrected chi connectivity index (χ2v) is 5.60. The summed E-state index contributed by atoms with van der Waals surface area (Å²) in [6.45, 7) is 2.19. The third-order valence-electron chi connectivity index (χ3n) is 2.92. The van der Waals surface area contributed by atoms with E-state index in [0.29, 0.717) is 29.4 Å². The number of benzene rings is 1. The Morgan fingerprint density at radius 3 is 2.62 bits per heavy atom. The molecule has 118 valence electrons. The quantitative estimate of drug-likeness (QED) is 0.837. The molecule has 1 aromatic carbocycles. The van der Waals surface area contributed by atoms with Gasteiger partial charge in [0.25, 0.3) is 0 Å². The first-order valence-corrected chi connectivity index (χ1v) is 7.18. The van der Waals surface area contributed by atoms with Crippen molar-refractivity contribution in [3.05, 3.63) is 22.7 Å². The molecule has 0 fully saturated rings. The highest BCUT2D eigenvalue weighted by atomic mass is 35.5. The van der Waals surface area contributed by atoms with Gasteiger partial charge in [-0.2, -0.15) is 0 Å². The first kappa shape index (κ1) is 17.6. The lowest BCUT2D eigenvalue weighted by molar-refractivity contribution is -0.129. The first-order chi connectivity index (χ1) is 9.85. The van der Waals surface area contributed by atoms with Crippen LogP contribution in [0.25, 0.3) is 0 Å². The Hall–Kier alpha value is -1.46. The van der Waals surface area contributed by atoms with Crippen LogP contribution in [-0.2, 0) is 11.2 Å². The molecule has 2 N–H and O–H groups in total. The van der Waals surface area contributed by atoms with E-state index in [2.05, 4.69) is 0 Å². The molecule has 1 aromatic rings. The van der Waals surface area contributed by atoms with Crippen LogP contribution >= 0.6 is 11.6 Å². The van der Waals surface area contributed by atoms with Crippen molar-refractivity contribution in [2.45, 2.75) is 25.8 Å². The standard InChI is InChI=1S/C15H23ClN2O3/c1-10(17)7-11-8-12(16)9-13(20-4)15(11)21-6-5-14(19)18(2)3/h8-10H,5-7,17H2,1-4H3. The summed E-state index contributed by atoms with van der Waals surface area (Å²) in [5.41, 5.74) is 6.73. The molecule has 1 amide bonds. The molecule has 21 heavy (non-hydrogen) atoms. The van der Waals surface area contributed by atoms with Crippen LogP contribution in [0.2, 0.25) is 5.02 Å². The summed E-state index contributed by atoms with van der Waals surface area (Å²) in [7, 11) is 4.98. The van der Waals surface area contributed by atoms with Gasteiger partial charge < -0.3 is 20.1 Å². The molecule has 6 heteroatoms. The van der Waals surface area contributed by atoms with E-state index in [0.717, 1.165) is 5.56 Å². The number of hydrogen-bond acceptors (Lipinski definition) is 4. The zero-order valence-corrected chi connectivity index (χ0v) is 13.7. The van der Waals surface area contributed by atoms with Crippen molar-refractivity contribution in [2.24, 2.45) is 5.73 Å². The summed E-state index contributed by atoms with van der Waals surface area (Å²) in [6, 6.07) is 3.48. The Kier molecular flexibility index (Phi) is 6.78. The number of halogens is 1. The lowest BCUT2D eigenvalue weighted by atomic mass is 10.1. The van der Waals surface area contributed by atoms with Gasteiger partial charge in [-0.3, -0.25) is 4.79 Å². The molecule has 0 aliphatic carbocycles. The van der Waals surface area contributed by atoms with E-state index in [9.17, 15) is 4.79 Å². The lowest BCUT2D eigenvalue weighted by Crippen LogP contribution is -2.23. The second-order valence-electron chi connectivity index (χ2n) is 5.16. The number of methoxy groups -OCH3 is 1. The molecule has 0 bridgehead atoms. The molecule has 0 saturated carbocycles. The molecule has 1 unspecified atom stereocenters. The third kappa shape index (κ3) is 5.44. The Labute approximate surface area is 131 Å². The van der Waals surface area contributed by atoms with Crippen LogP contribution in [0, 0.1) is 0 Å². The molecule has 0 aliphatic rings. The number of carbonyl (C=O) groups excluding carboxylic acids is 1.